The molecule has 2 aromatic rings. The highest BCUT2D eigenvalue weighted by Crippen LogP contribution is 2.23. The topological polar surface area (TPSA) is 98.7 Å². The lowest BCUT2D eigenvalue weighted by Crippen LogP contribution is -2.52. The highest BCUT2D eigenvalue weighted by atomic mass is 32.1. The van der Waals surface area contributed by atoms with Crippen molar-refractivity contribution in [3.8, 4) is 0 Å². The molecule has 2 aliphatic heterocycles. The SMILES string of the molecule is CCN1CCN(C(=O)[C@@H]2CCCN(C(=O)c3nnc(C(=O)Nc4ccccc4)s3)C2)CC1. The molecule has 2 fully saturated rings. The number of aromatic nitrogens is 2. The number of hydrogen-bond acceptors (Lipinski definition) is 7. The number of carbonyl (C=O) groups is 3. The smallest absolute Gasteiger partial charge is 0.286 e. The minimum atomic E-state index is -0.398. The molecule has 1 atom stereocenters. The largest absolute Gasteiger partial charge is 0.340 e. The summed E-state index contributed by atoms with van der Waals surface area (Å²) in [4.78, 5) is 44.3. The van der Waals surface area contributed by atoms with Gasteiger partial charge in [0.05, 0.1) is 5.92 Å². The quantitative estimate of drug-likeness (QED) is 0.737. The molecule has 1 aromatic heterocycles. The van der Waals surface area contributed by atoms with Crippen LogP contribution >= 0.6 is 11.3 Å². The Morgan fingerprint density at radius 3 is 2.44 bits per heavy atom. The summed E-state index contributed by atoms with van der Waals surface area (Å²) in [7, 11) is 0. The molecule has 170 valence electrons. The van der Waals surface area contributed by atoms with Gasteiger partial charge in [-0.25, -0.2) is 0 Å². The molecule has 1 N–H and O–H groups in total. The molecule has 2 saturated heterocycles. The first kappa shape index (κ1) is 22.3. The second-order valence-electron chi connectivity index (χ2n) is 8.08. The van der Waals surface area contributed by atoms with Gasteiger partial charge in [-0.05, 0) is 31.5 Å². The average Bonchev–Trinajstić information content (AvgIpc) is 3.34. The van der Waals surface area contributed by atoms with Gasteiger partial charge in [0.25, 0.3) is 11.8 Å². The van der Waals surface area contributed by atoms with Crippen molar-refractivity contribution in [2.45, 2.75) is 19.8 Å². The fraction of sp³-hybridized carbons (Fsp3) is 0.500. The second kappa shape index (κ2) is 10.2. The molecule has 0 aliphatic carbocycles. The first-order valence-electron chi connectivity index (χ1n) is 11.1. The van der Waals surface area contributed by atoms with Crippen molar-refractivity contribution < 1.29 is 14.4 Å². The van der Waals surface area contributed by atoms with Crippen molar-refractivity contribution >= 4 is 34.7 Å². The number of benzene rings is 1. The third-order valence-corrected chi connectivity index (χ3v) is 6.93. The molecule has 1 aromatic carbocycles. The monoisotopic (exact) mass is 456 g/mol. The van der Waals surface area contributed by atoms with Gasteiger partial charge in [-0.1, -0.05) is 36.5 Å². The van der Waals surface area contributed by atoms with Crippen LogP contribution in [-0.2, 0) is 4.79 Å². The molecule has 3 amide bonds. The zero-order chi connectivity index (χ0) is 22.5. The number of para-hydroxylation sites is 1. The summed E-state index contributed by atoms with van der Waals surface area (Å²) >= 11 is 0.976. The van der Waals surface area contributed by atoms with Gasteiger partial charge in [0, 0.05) is 45.0 Å². The number of likely N-dealkylation sites (tertiary alicyclic amines) is 1. The van der Waals surface area contributed by atoms with E-state index < -0.39 is 5.91 Å². The standard InChI is InChI=1S/C22H28N6O3S/c1-2-26-11-13-27(14-12-26)21(30)16-7-6-10-28(15-16)22(31)20-25-24-19(32-20)18(29)23-17-8-4-3-5-9-17/h3-5,8-9,16H,2,6-7,10-15H2,1H3,(H,23,29)/t16-/m1/s1. The number of hydrogen-bond donors (Lipinski definition) is 1. The van der Waals surface area contributed by atoms with E-state index in [0.29, 0.717) is 18.8 Å². The minimum absolute atomic E-state index is 0.135. The number of rotatable bonds is 5. The zero-order valence-corrected chi connectivity index (χ0v) is 19.0. The number of piperidine rings is 1. The molecule has 10 heteroatoms. The Morgan fingerprint density at radius 2 is 1.72 bits per heavy atom. The Hall–Kier alpha value is -2.85. The van der Waals surface area contributed by atoms with Gasteiger partial charge in [0.1, 0.15) is 0 Å². The highest BCUT2D eigenvalue weighted by molar-refractivity contribution is 7.15. The summed E-state index contributed by atoms with van der Waals surface area (Å²) in [5, 5.41) is 10.9. The van der Waals surface area contributed by atoms with E-state index >= 15 is 0 Å². The zero-order valence-electron chi connectivity index (χ0n) is 18.2. The van der Waals surface area contributed by atoms with E-state index in [1.54, 1.807) is 17.0 Å². The number of piperazine rings is 1. The Bertz CT molecular complexity index is 958. The van der Waals surface area contributed by atoms with Crippen LogP contribution in [0.4, 0.5) is 5.69 Å². The van der Waals surface area contributed by atoms with Crippen LogP contribution in [0.2, 0.25) is 0 Å². The molecule has 2 aliphatic rings. The summed E-state index contributed by atoms with van der Waals surface area (Å²) < 4.78 is 0. The van der Waals surface area contributed by atoms with Crippen molar-refractivity contribution in [2.75, 3.05) is 51.1 Å². The number of likely N-dealkylation sites (N-methyl/N-ethyl adjacent to an activating group) is 1. The number of nitrogens with one attached hydrogen (secondary N) is 1. The van der Waals surface area contributed by atoms with Crippen molar-refractivity contribution in [3.63, 3.8) is 0 Å². The average molecular weight is 457 g/mol. The maximum atomic E-state index is 13.0. The highest BCUT2D eigenvalue weighted by Gasteiger charge is 2.33. The third kappa shape index (κ3) is 5.13. The summed E-state index contributed by atoms with van der Waals surface area (Å²) in [6.07, 6.45) is 1.56. The molecule has 0 spiro atoms. The van der Waals surface area contributed by atoms with Crippen molar-refractivity contribution in [2.24, 2.45) is 5.92 Å². The van der Waals surface area contributed by atoms with Crippen molar-refractivity contribution in [1.29, 1.82) is 0 Å². The summed E-state index contributed by atoms with van der Waals surface area (Å²) in [6, 6.07) is 9.06. The number of nitrogens with zero attached hydrogens (tertiary/aromatic N) is 5. The molecule has 0 unspecified atom stereocenters. The maximum absolute atomic E-state index is 13.0. The molecule has 0 bridgehead atoms. The van der Waals surface area contributed by atoms with E-state index in [4.69, 9.17) is 0 Å². The molecule has 9 nitrogen and oxygen atoms in total. The van der Waals surface area contributed by atoms with Crippen molar-refractivity contribution in [1.82, 2.24) is 24.9 Å². The lowest BCUT2D eigenvalue weighted by molar-refractivity contribution is -0.138. The Morgan fingerprint density at radius 1 is 1.00 bits per heavy atom. The van der Waals surface area contributed by atoms with E-state index in [-0.39, 0.29) is 27.7 Å². The first-order valence-corrected chi connectivity index (χ1v) is 11.9. The summed E-state index contributed by atoms with van der Waals surface area (Å²) in [6.45, 7) is 7.38. The number of anilines is 1. The van der Waals surface area contributed by atoms with Crippen LogP contribution < -0.4 is 5.32 Å². The van der Waals surface area contributed by atoms with Gasteiger partial charge in [-0.15, -0.1) is 10.2 Å². The lowest BCUT2D eigenvalue weighted by Gasteiger charge is -2.38. The van der Waals surface area contributed by atoms with Crippen molar-refractivity contribution in [3.05, 3.63) is 40.3 Å². The van der Waals surface area contributed by atoms with Gasteiger partial charge >= 0.3 is 0 Å². The van der Waals surface area contributed by atoms with E-state index in [1.165, 1.54) is 0 Å². The molecular weight excluding hydrogens is 428 g/mol. The maximum Gasteiger partial charge on any atom is 0.286 e. The van der Waals surface area contributed by atoms with Crippen LogP contribution in [0.15, 0.2) is 30.3 Å². The Labute approximate surface area is 191 Å². The van der Waals surface area contributed by atoms with Crippen LogP contribution in [-0.4, -0.2) is 88.4 Å². The van der Waals surface area contributed by atoms with Crippen LogP contribution in [0.5, 0.6) is 0 Å². The number of amides is 3. The van der Waals surface area contributed by atoms with Crippen LogP contribution in [0, 0.1) is 5.92 Å². The van der Waals surface area contributed by atoms with Crippen LogP contribution in [0.25, 0.3) is 0 Å². The summed E-state index contributed by atoms with van der Waals surface area (Å²) in [5.41, 5.74) is 0.651. The Kier molecular flexibility index (Phi) is 7.11. The van der Waals surface area contributed by atoms with Gasteiger partial charge in [-0.2, -0.15) is 0 Å². The first-order chi connectivity index (χ1) is 15.5. The van der Waals surface area contributed by atoms with E-state index in [1.807, 2.05) is 23.1 Å². The number of carbonyl (C=O) groups excluding carboxylic acids is 3. The van der Waals surface area contributed by atoms with Gasteiger partial charge in [0.15, 0.2) is 0 Å². The van der Waals surface area contributed by atoms with Gasteiger partial charge < -0.3 is 20.0 Å². The third-order valence-electron chi connectivity index (χ3n) is 6.02. The molecule has 32 heavy (non-hydrogen) atoms. The lowest BCUT2D eigenvalue weighted by atomic mass is 9.96. The van der Waals surface area contributed by atoms with Gasteiger partial charge in [0.2, 0.25) is 15.9 Å². The summed E-state index contributed by atoms with van der Waals surface area (Å²) in [5.74, 6) is -0.715. The molecule has 0 saturated carbocycles. The van der Waals surface area contributed by atoms with Crippen LogP contribution in [0.1, 0.15) is 39.4 Å². The fourth-order valence-electron chi connectivity index (χ4n) is 4.15. The van der Waals surface area contributed by atoms with E-state index in [9.17, 15) is 14.4 Å². The molecular formula is C22H28N6O3S. The van der Waals surface area contributed by atoms with Crippen LogP contribution in [0.3, 0.4) is 0 Å². The normalized spacial score (nSPS) is 19.6. The van der Waals surface area contributed by atoms with E-state index in [2.05, 4.69) is 27.3 Å². The van der Waals surface area contributed by atoms with Gasteiger partial charge in [-0.3, -0.25) is 14.4 Å². The molecule has 3 heterocycles. The minimum Gasteiger partial charge on any atom is -0.340 e. The second-order valence-corrected chi connectivity index (χ2v) is 9.06. The Balaban J connectivity index is 1.35. The molecule has 0 radical (unpaired) electrons. The predicted molar refractivity (Wildman–Crippen MR) is 122 cm³/mol. The molecule has 4 rings (SSSR count). The fourth-order valence-corrected chi connectivity index (χ4v) is 4.86. The van der Waals surface area contributed by atoms with E-state index in [0.717, 1.165) is 56.9 Å². The predicted octanol–water partition coefficient (Wildman–Crippen LogP) is 1.81.